The molecule has 1 aliphatic heterocycles. The highest BCUT2D eigenvalue weighted by Gasteiger charge is 2.38. The molecule has 2 heterocycles. The molecule has 0 saturated heterocycles. The normalized spacial score (nSPS) is 20.3. The van der Waals surface area contributed by atoms with Gasteiger partial charge in [0.05, 0.1) is 17.3 Å². The second-order valence-electron chi connectivity index (χ2n) is 4.82. The zero-order valence-corrected chi connectivity index (χ0v) is 11.3. The van der Waals surface area contributed by atoms with E-state index in [1.807, 2.05) is 42.6 Å². The molecule has 0 spiro atoms. The Morgan fingerprint density at radius 1 is 1.05 bits per heavy atom. The average molecular weight is 281 g/mol. The van der Waals surface area contributed by atoms with Gasteiger partial charge in [-0.25, -0.2) is 0 Å². The minimum atomic E-state index is -0.228. The second-order valence-corrected chi connectivity index (χ2v) is 5.23. The standard InChI is InChI=1S/C15H11N3OS/c19-14-9-5-2-1-4-8(9)12-11(14)13(18-15(20)17-12)10-6-3-7-16-10/h1-7,13,16H,(H2,17,18,20). The van der Waals surface area contributed by atoms with Gasteiger partial charge in [0.25, 0.3) is 0 Å². The van der Waals surface area contributed by atoms with Gasteiger partial charge in [-0.3, -0.25) is 4.79 Å². The van der Waals surface area contributed by atoms with Crippen LogP contribution < -0.4 is 10.6 Å². The summed E-state index contributed by atoms with van der Waals surface area (Å²) in [6.45, 7) is 0. The SMILES string of the molecule is O=C1C2=C(NC(=S)NC2c2ccc[nH]2)c2ccccc21. The minimum absolute atomic E-state index is 0.0534. The van der Waals surface area contributed by atoms with E-state index in [1.165, 1.54) is 0 Å². The van der Waals surface area contributed by atoms with E-state index < -0.39 is 0 Å². The Kier molecular flexibility index (Phi) is 2.31. The Morgan fingerprint density at radius 2 is 1.85 bits per heavy atom. The lowest BCUT2D eigenvalue weighted by Gasteiger charge is -2.27. The van der Waals surface area contributed by atoms with Gasteiger partial charge in [0, 0.05) is 23.0 Å². The van der Waals surface area contributed by atoms with Crippen LogP contribution in [0.2, 0.25) is 0 Å². The number of fused-ring (bicyclic) bond motifs is 2. The summed E-state index contributed by atoms with van der Waals surface area (Å²) in [4.78, 5) is 15.8. The number of aromatic amines is 1. The maximum Gasteiger partial charge on any atom is 0.194 e. The number of carbonyl (C=O) groups excluding carboxylic acids is 1. The molecule has 2 aromatic rings. The van der Waals surface area contributed by atoms with Crippen molar-refractivity contribution in [3.8, 4) is 0 Å². The fraction of sp³-hybridized carbons (Fsp3) is 0.0667. The lowest BCUT2D eigenvalue weighted by Crippen LogP contribution is -2.43. The zero-order chi connectivity index (χ0) is 13.7. The Morgan fingerprint density at radius 3 is 2.60 bits per heavy atom. The first-order valence-electron chi connectivity index (χ1n) is 6.35. The summed E-state index contributed by atoms with van der Waals surface area (Å²) in [5, 5.41) is 6.82. The van der Waals surface area contributed by atoms with Crippen molar-refractivity contribution in [2.45, 2.75) is 6.04 Å². The smallest absolute Gasteiger partial charge is 0.194 e. The molecule has 5 heteroatoms. The van der Waals surface area contributed by atoms with Crippen LogP contribution in [-0.2, 0) is 0 Å². The molecule has 0 fully saturated rings. The molecule has 0 radical (unpaired) electrons. The highest BCUT2D eigenvalue weighted by molar-refractivity contribution is 7.80. The molecule has 0 bridgehead atoms. The van der Waals surface area contributed by atoms with Crippen LogP contribution in [0.25, 0.3) is 5.70 Å². The maximum absolute atomic E-state index is 12.6. The van der Waals surface area contributed by atoms with E-state index in [-0.39, 0.29) is 11.8 Å². The van der Waals surface area contributed by atoms with Gasteiger partial charge >= 0.3 is 0 Å². The molecule has 1 aromatic heterocycles. The van der Waals surface area contributed by atoms with Gasteiger partial charge in [0.1, 0.15) is 0 Å². The fourth-order valence-corrected chi connectivity index (χ4v) is 3.04. The van der Waals surface area contributed by atoms with E-state index in [4.69, 9.17) is 12.2 Å². The van der Waals surface area contributed by atoms with Crippen LogP contribution in [0, 0.1) is 0 Å². The molecule has 3 N–H and O–H groups in total. The molecule has 0 amide bonds. The Balaban J connectivity index is 1.92. The number of thiocarbonyl (C=S) groups is 1. The van der Waals surface area contributed by atoms with Crippen molar-refractivity contribution in [2.24, 2.45) is 0 Å². The minimum Gasteiger partial charge on any atom is -0.363 e. The van der Waals surface area contributed by atoms with Gasteiger partial charge in [0.2, 0.25) is 0 Å². The number of carbonyl (C=O) groups is 1. The number of hydrogen-bond acceptors (Lipinski definition) is 2. The predicted molar refractivity (Wildman–Crippen MR) is 80.1 cm³/mol. The van der Waals surface area contributed by atoms with E-state index in [1.54, 1.807) is 0 Å². The monoisotopic (exact) mass is 281 g/mol. The molecule has 4 nitrogen and oxygen atoms in total. The van der Waals surface area contributed by atoms with E-state index in [2.05, 4.69) is 15.6 Å². The average Bonchev–Trinajstić information content (AvgIpc) is 3.07. The van der Waals surface area contributed by atoms with Gasteiger partial charge in [-0.15, -0.1) is 0 Å². The number of nitrogens with one attached hydrogen (secondary N) is 3. The molecular formula is C15H11N3OS. The van der Waals surface area contributed by atoms with Crippen LogP contribution in [0.15, 0.2) is 48.2 Å². The topological polar surface area (TPSA) is 56.9 Å². The first-order chi connectivity index (χ1) is 9.75. The molecular weight excluding hydrogens is 270 g/mol. The van der Waals surface area contributed by atoms with Crippen molar-refractivity contribution >= 4 is 28.8 Å². The van der Waals surface area contributed by atoms with E-state index in [0.717, 1.165) is 28.1 Å². The molecule has 1 atom stereocenters. The van der Waals surface area contributed by atoms with Crippen LogP contribution >= 0.6 is 12.2 Å². The second kappa shape index (κ2) is 4.05. The third-order valence-electron chi connectivity index (χ3n) is 3.69. The number of hydrogen-bond donors (Lipinski definition) is 3. The van der Waals surface area contributed by atoms with Crippen molar-refractivity contribution in [2.75, 3.05) is 0 Å². The molecule has 2 aliphatic rings. The summed E-state index contributed by atoms with van der Waals surface area (Å²) in [6.07, 6.45) is 1.84. The molecule has 20 heavy (non-hydrogen) atoms. The van der Waals surface area contributed by atoms with Crippen LogP contribution in [-0.4, -0.2) is 15.9 Å². The van der Waals surface area contributed by atoms with Crippen LogP contribution in [0.5, 0.6) is 0 Å². The Hall–Kier alpha value is -2.40. The molecule has 1 unspecified atom stereocenters. The third kappa shape index (κ3) is 1.47. The Labute approximate surface area is 120 Å². The number of H-pyrrole nitrogens is 1. The quantitative estimate of drug-likeness (QED) is 0.701. The number of aromatic nitrogens is 1. The summed E-state index contributed by atoms with van der Waals surface area (Å²) in [5.74, 6) is 0.0534. The van der Waals surface area contributed by atoms with Crippen molar-refractivity contribution < 1.29 is 4.79 Å². The predicted octanol–water partition coefficient (Wildman–Crippen LogP) is 2.14. The van der Waals surface area contributed by atoms with Gasteiger partial charge in [-0.1, -0.05) is 24.3 Å². The molecule has 0 saturated carbocycles. The van der Waals surface area contributed by atoms with Crippen LogP contribution in [0.4, 0.5) is 0 Å². The highest BCUT2D eigenvalue weighted by atomic mass is 32.1. The van der Waals surface area contributed by atoms with Gasteiger partial charge < -0.3 is 15.6 Å². The molecule has 1 aromatic carbocycles. The van der Waals surface area contributed by atoms with E-state index in [0.29, 0.717) is 5.11 Å². The fourth-order valence-electron chi connectivity index (χ4n) is 2.82. The van der Waals surface area contributed by atoms with Crippen molar-refractivity contribution in [1.82, 2.24) is 15.6 Å². The van der Waals surface area contributed by atoms with Gasteiger partial charge in [-0.05, 0) is 24.4 Å². The first kappa shape index (κ1) is 11.4. The lowest BCUT2D eigenvalue weighted by molar-refractivity contribution is 0.103. The van der Waals surface area contributed by atoms with E-state index in [9.17, 15) is 4.79 Å². The van der Waals surface area contributed by atoms with Crippen LogP contribution in [0.1, 0.15) is 27.7 Å². The number of rotatable bonds is 1. The van der Waals surface area contributed by atoms with Crippen molar-refractivity contribution in [3.63, 3.8) is 0 Å². The highest BCUT2D eigenvalue weighted by Crippen LogP contribution is 2.39. The number of ketones is 1. The molecule has 4 rings (SSSR count). The zero-order valence-electron chi connectivity index (χ0n) is 10.4. The lowest BCUT2D eigenvalue weighted by atomic mass is 9.99. The van der Waals surface area contributed by atoms with Gasteiger partial charge in [-0.2, -0.15) is 0 Å². The van der Waals surface area contributed by atoms with Gasteiger partial charge in [0.15, 0.2) is 10.9 Å². The number of benzene rings is 1. The first-order valence-corrected chi connectivity index (χ1v) is 6.75. The summed E-state index contributed by atoms with van der Waals surface area (Å²) < 4.78 is 0. The van der Waals surface area contributed by atoms with E-state index >= 15 is 0 Å². The third-order valence-corrected chi connectivity index (χ3v) is 3.91. The largest absolute Gasteiger partial charge is 0.363 e. The summed E-state index contributed by atoms with van der Waals surface area (Å²) in [5.41, 5.74) is 4.14. The maximum atomic E-state index is 12.6. The summed E-state index contributed by atoms with van der Waals surface area (Å²) in [7, 11) is 0. The summed E-state index contributed by atoms with van der Waals surface area (Å²) in [6, 6.07) is 11.2. The molecule has 1 aliphatic carbocycles. The molecule has 98 valence electrons. The van der Waals surface area contributed by atoms with Crippen molar-refractivity contribution in [1.29, 1.82) is 0 Å². The Bertz CT molecular complexity index is 761. The van der Waals surface area contributed by atoms with Crippen LogP contribution in [0.3, 0.4) is 0 Å². The number of Topliss-reactive ketones (excluding diaryl/α,β-unsaturated/α-hetero) is 1. The van der Waals surface area contributed by atoms with Crippen molar-refractivity contribution in [3.05, 3.63) is 65.0 Å². The summed E-state index contributed by atoms with van der Waals surface area (Å²) >= 11 is 5.27.